The van der Waals surface area contributed by atoms with E-state index in [-0.39, 0.29) is 18.2 Å². The average Bonchev–Trinajstić information content (AvgIpc) is 3.22. The minimum Gasteiger partial charge on any atom is -0.395 e. The van der Waals surface area contributed by atoms with E-state index in [0.29, 0.717) is 12.4 Å². The van der Waals surface area contributed by atoms with E-state index in [2.05, 4.69) is 0 Å². The second kappa shape index (κ2) is 4.90. The van der Waals surface area contributed by atoms with Gasteiger partial charge in [-0.2, -0.15) is 5.26 Å². The highest BCUT2D eigenvalue weighted by atomic mass is 16.3. The Morgan fingerprint density at radius 2 is 2.00 bits per heavy atom. The van der Waals surface area contributed by atoms with Crippen LogP contribution in [0.4, 0.5) is 5.82 Å². The maximum absolute atomic E-state index is 12.0. The summed E-state index contributed by atoms with van der Waals surface area (Å²) in [6.45, 7) is 0.213. The van der Waals surface area contributed by atoms with Crippen molar-refractivity contribution in [3.05, 3.63) is 26.4 Å². The zero-order chi connectivity index (χ0) is 14.2. The Morgan fingerprint density at radius 3 is 2.47 bits per heavy atom. The van der Waals surface area contributed by atoms with Gasteiger partial charge < -0.3 is 10.0 Å². The fraction of sp³-hybridized carbons (Fsp3) is 0.583. The first-order valence-corrected chi connectivity index (χ1v) is 6.10. The predicted molar refractivity (Wildman–Crippen MR) is 69.1 cm³/mol. The molecular formula is C12H16N4O3. The molecule has 0 spiro atoms. The normalized spacial score (nSPS) is 14.2. The first kappa shape index (κ1) is 13.4. The van der Waals surface area contributed by atoms with Crippen LogP contribution >= 0.6 is 0 Å². The van der Waals surface area contributed by atoms with Gasteiger partial charge in [0.25, 0.3) is 5.56 Å². The number of anilines is 1. The highest BCUT2D eigenvalue weighted by Gasteiger charge is 2.33. The lowest BCUT2D eigenvalue weighted by Gasteiger charge is -2.26. The number of nitriles is 1. The Hall–Kier alpha value is -2.07. The molecule has 19 heavy (non-hydrogen) atoms. The fourth-order valence-electron chi connectivity index (χ4n) is 2.22. The molecule has 1 aromatic rings. The number of aliphatic hydroxyl groups excluding tert-OH is 1. The molecule has 1 fully saturated rings. The van der Waals surface area contributed by atoms with Crippen molar-refractivity contribution in [2.75, 3.05) is 18.1 Å². The zero-order valence-electron chi connectivity index (χ0n) is 11.0. The molecular weight excluding hydrogens is 248 g/mol. The van der Waals surface area contributed by atoms with Gasteiger partial charge in [-0.05, 0) is 12.8 Å². The van der Waals surface area contributed by atoms with Crippen LogP contribution in [0.5, 0.6) is 0 Å². The first-order chi connectivity index (χ1) is 9.02. The maximum atomic E-state index is 12.0. The Kier molecular flexibility index (Phi) is 3.44. The molecule has 0 atom stereocenters. The predicted octanol–water partition coefficient (Wildman–Crippen LogP) is -1.08. The highest BCUT2D eigenvalue weighted by Crippen LogP contribution is 2.31. The van der Waals surface area contributed by atoms with E-state index in [4.69, 9.17) is 5.11 Å². The summed E-state index contributed by atoms with van der Waals surface area (Å²) in [6.07, 6.45) is 1.88. The molecule has 0 saturated heterocycles. The molecule has 0 radical (unpaired) electrons. The molecule has 1 saturated carbocycles. The number of aliphatic hydroxyl groups is 1. The first-order valence-electron chi connectivity index (χ1n) is 6.10. The van der Waals surface area contributed by atoms with Crippen molar-refractivity contribution in [2.45, 2.75) is 18.9 Å². The molecule has 0 bridgehead atoms. The maximum Gasteiger partial charge on any atom is 0.332 e. The lowest BCUT2D eigenvalue weighted by molar-refractivity contribution is 0.300. The minimum atomic E-state index is -0.593. The monoisotopic (exact) mass is 264 g/mol. The highest BCUT2D eigenvalue weighted by molar-refractivity contribution is 5.55. The average molecular weight is 264 g/mol. The summed E-state index contributed by atoms with van der Waals surface area (Å²) in [5.74, 6) is 0.312. The van der Waals surface area contributed by atoms with E-state index in [1.807, 2.05) is 6.07 Å². The fourth-order valence-corrected chi connectivity index (χ4v) is 2.22. The van der Waals surface area contributed by atoms with Crippen LogP contribution in [0.1, 0.15) is 18.4 Å². The Morgan fingerprint density at radius 1 is 1.37 bits per heavy atom. The number of rotatable bonds is 4. The van der Waals surface area contributed by atoms with Crippen LogP contribution in [0, 0.1) is 11.3 Å². The van der Waals surface area contributed by atoms with Crippen molar-refractivity contribution in [3.8, 4) is 6.07 Å². The van der Waals surface area contributed by atoms with Crippen molar-refractivity contribution < 1.29 is 5.11 Å². The SMILES string of the molecule is Cn1c(N(CCO)C2CC2)c(C#N)c(=O)n(C)c1=O. The van der Waals surface area contributed by atoms with Crippen molar-refractivity contribution in [1.29, 1.82) is 5.26 Å². The molecule has 0 aromatic carbocycles. The molecule has 1 aromatic heterocycles. The van der Waals surface area contributed by atoms with Gasteiger partial charge in [-0.25, -0.2) is 4.79 Å². The molecule has 1 heterocycles. The van der Waals surface area contributed by atoms with E-state index in [1.165, 1.54) is 18.7 Å². The summed E-state index contributed by atoms with van der Waals surface area (Å²) in [4.78, 5) is 25.7. The molecule has 2 rings (SSSR count). The van der Waals surface area contributed by atoms with Crippen LogP contribution in [0.2, 0.25) is 0 Å². The van der Waals surface area contributed by atoms with Gasteiger partial charge in [-0.3, -0.25) is 13.9 Å². The Labute approximate surface area is 109 Å². The molecule has 0 amide bonds. The molecule has 0 unspecified atom stereocenters. The van der Waals surface area contributed by atoms with Gasteiger partial charge in [0.1, 0.15) is 11.9 Å². The van der Waals surface area contributed by atoms with E-state index in [0.717, 1.165) is 17.4 Å². The van der Waals surface area contributed by atoms with Crippen molar-refractivity contribution in [2.24, 2.45) is 14.1 Å². The standard InChI is InChI=1S/C12H16N4O3/c1-14-10(16(5-6-17)8-3-4-8)9(7-13)11(18)15(2)12(14)19/h8,17H,3-6H2,1-2H3. The Bertz CT molecular complexity index is 649. The third-order valence-electron chi connectivity index (χ3n) is 3.35. The van der Waals surface area contributed by atoms with Crippen LogP contribution in [0.15, 0.2) is 9.59 Å². The van der Waals surface area contributed by atoms with Gasteiger partial charge in [-0.1, -0.05) is 0 Å². The summed E-state index contributed by atoms with van der Waals surface area (Å²) in [5.41, 5.74) is -1.11. The zero-order valence-corrected chi connectivity index (χ0v) is 11.0. The molecule has 1 aliphatic carbocycles. The van der Waals surface area contributed by atoms with Gasteiger partial charge in [-0.15, -0.1) is 0 Å². The van der Waals surface area contributed by atoms with E-state index < -0.39 is 11.2 Å². The number of hydrogen-bond acceptors (Lipinski definition) is 5. The molecule has 7 heteroatoms. The van der Waals surface area contributed by atoms with E-state index in [1.54, 1.807) is 4.90 Å². The number of hydrogen-bond donors (Lipinski definition) is 1. The third-order valence-corrected chi connectivity index (χ3v) is 3.35. The van der Waals surface area contributed by atoms with Gasteiger partial charge in [0.05, 0.1) is 6.61 Å². The molecule has 1 N–H and O–H groups in total. The summed E-state index contributed by atoms with van der Waals surface area (Å²) in [6, 6.07) is 2.07. The molecule has 102 valence electrons. The van der Waals surface area contributed by atoms with Crippen LogP contribution in [0.3, 0.4) is 0 Å². The topological polar surface area (TPSA) is 91.3 Å². The van der Waals surface area contributed by atoms with Crippen LogP contribution in [-0.4, -0.2) is 33.4 Å². The molecule has 7 nitrogen and oxygen atoms in total. The van der Waals surface area contributed by atoms with Crippen molar-refractivity contribution >= 4 is 5.82 Å². The summed E-state index contributed by atoms with van der Waals surface area (Å²) < 4.78 is 2.22. The number of nitrogens with zero attached hydrogens (tertiary/aromatic N) is 4. The van der Waals surface area contributed by atoms with Gasteiger partial charge in [0.2, 0.25) is 0 Å². The summed E-state index contributed by atoms with van der Waals surface area (Å²) in [7, 11) is 2.88. The van der Waals surface area contributed by atoms with Crippen LogP contribution in [0.25, 0.3) is 0 Å². The summed E-state index contributed by atoms with van der Waals surface area (Å²) in [5, 5.41) is 18.3. The third kappa shape index (κ3) is 2.15. The quantitative estimate of drug-likeness (QED) is 0.746. The van der Waals surface area contributed by atoms with Crippen molar-refractivity contribution in [3.63, 3.8) is 0 Å². The van der Waals surface area contributed by atoms with Gasteiger partial charge in [0, 0.05) is 26.7 Å². The minimum absolute atomic E-state index is 0.0510. The second-order valence-corrected chi connectivity index (χ2v) is 4.66. The van der Waals surface area contributed by atoms with Crippen LogP contribution in [-0.2, 0) is 14.1 Å². The van der Waals surface area contributed by atoms with Crippen molar-refractivity contribution in [1.82, 2.24) is 9.13 Å². The van der Waals surface area contributed by atoms with Crippen LogP contribution < -0.4 is 16.1 Å². The van der Waals surface area contributed by atoms with E-state index in [9.17, 15) is 14.9 Å². The largest absolute Gasteiger partial charge is 0.395 e. The smallest absolute Gasteiger partial charge is 0.332 e. The summed E-state index contributed by atoms with van der Waals surface area (Å²) >= 11 is 0. The molecule has 1 aliphatic rings. The second-order valence-electron chi connectivity index (χ2n) is 4.66. The van der Waals surface area contributed by atoms with E-state index >= 15 is 0 Å². The Balaban J connectivity index is 2.71. The number of aromatic nitrogens is 2. The van der Waals surface area contributed by atoms with Gasteiger partial charge >= 0.3 is 5.69 Å². The lowest BCUT2D eigenvalue weighted by atomic mass is 10.2. The van der Waals surface area contributed by atoms with Gasteiger partial charge in [0.15, 0.2) is 5.56 Å². The lowest BCUT2D eigenvalue weighted by Crippen LogP contribution is -2.44. The molecule has 0 aliphatic heterocycles.